The lowest BCUT2D eigenvalue weighted by Crippen LogP contribution is -2.39. The van der Waals surface area contributed by atoms with Gasteiger partial charge in [-0.15, -0.1) is 0 Å². The van der Waals surface area contributed by atoms with E-state index in [0.717, 1.165) is 19.3 Å². The summed E-state index contributed by atoms with van der Waals surface area (Å²) in [6, 6.07) is 16.3. The summed E-state index contributed by atoms with van der Waals surface area (Å²) in [4.78, 5) is 43.1. The van der Waals surface area contributed by atoms with Gasteiger partial charge in [-0.2, -0.15) is 5.06 Å². The maximum atomic E-state index is 14.0. The van der Waals surface area contributed by atoms with Crippen LogP contribution in [0.2, 0.25) is 0 Å². The van der Waals surface area contributed by atoms with Crippen LogP contribution in [-0.4, -0.2) is 30.0 Å². The Hall–Kier alpha value is -4.47. The number of benzene rings is 3. The Bertz CT molecular complexity index is 1310. The molecule has 9 nitrogen and oxygen atoms in total. The lowest BCUT2D eigenvalue weighted by molar-refractivity contribution is -0.384. The minimum atomic E-state index is -0.651. The topological polar surface area (TPSA) is 111 Å². The van der Waals surface area contributed by atoms with Crippen LogP contribution in [0.1, 0.15) is 58.4 Å². The minimum Gasteiger partial charge on any atom is -0.494 e. The number of anilines is 1. The van der Waals surface area contributed by atoms with Crippen molar-refractivity contribution in [1.29, 1.82) is 0 Å². The van der Waals surface area contributed by atoms with E-state index in [-0.39, 0.29) is 35.3 Å². The molecule has 4 rings (SSSR count). The molecule has 0 heterocycles. The maximum absolute atomic E-state index is 14.0. The molecule has 0 unspecified atom stereocenters. The van der Waals surface area contributed by atoms with Gasteiger partial charge >= 0.3 is 5.97 Å². The predicted octanol–water partition coefficient (Wildman–Crippen LogP) is 5.58. The van der Waals surface area contributed by atoms with E-state index in [4.69, 9.17) is 9.57 Å². The van der Waals surface area contributed by atoms with Crippen molar-refractivity contribution in [1.82, 2.24) is 5.32 Å². The van der Waals surface area contributed by atoms with E-state index < -0.39 is 22.6 Å². The van der Waals surface area contributed by atoms with E-state index in [0.29, 0.717) is 24.0 Å². The first-order chi connectivity index (χ1) is 18.4. The number of hydroxylamine groups is 1. The van der Waals surface area contributed by atoms with Gasteiger partial charge in [0.1, 0.15) is 0 Å². The molecule has 0 saturated heterocycles. The maximum Gasteiger partial charge on any atom is 0.363 e. The van der Waals surface area contributed by atoms with Gasteiger partial charge in [0.2, 0.25) is 0 Å². The van der Waals surface area contributed by atoms with Gasteiger partial charge in [-0.05, 0) is 54.8 Å². The first-order valence-corrected chi connectivity index (χ1v) is 12.3. The summed E-state index contributed by atoms with van der Waals surface area (Å²) in [5.41, 5.74) is 0.687. The van der Waals surface area contributed by atoms with Crippen LogP contribution in [0.25, 0.3) is 0 Å². The second-order valence-corrected chi connectivity index (χ2v) is 8.97. The molecule has 0 aliphatic heterocycles. The number of hydrogen-bond acceptors (Lipinski definition) is 7. The van der Waals surface area contributed by atoms with Crippen LogP contribution >= 0.6 is 0 Å². The van der Waals surface area contributed by atoms with Gasteiger partial charge in [0.15, 0.2) is 17.3 Å². The SMILES string of the molecule is COc1ccc(CNC(=O)c2ccc([N+](=O)[O-])c(N(OC(=O)c3ccccc3)C3CCCCC3)c2)cc1F. The standard InChI is InChI=1S/C28H28FN3O6/c1-37-26-15-12-19(16-23(26)29)18-30-27(33)21-13-14-24(32(35)36)25(17-21)31(22-10-6-3-7-11-22)38-28(34)20-8-4-2-5-9-20/h2,4-5,8-9,12-17,22H,3,6-7,10-11,18H2,1H3,(H,30,33). The summed E-state index contributed by atoms with van der Waals surface area (Å²) in [5.74, 6) is -1.63. The fourth-order valence-electron chi connectivity index (χ4n) is 4.45. The summed E-state index contributed by atoms with van der Waals surface area (Å²) in [5, 5.41) is 15.9. The number of methoxy groups -OCH3 is 1. The van der Waals surface area contributed by atoms with Crippen LogP contribution in [-0.2, 0) is 11.4 Å². The molecule has 3 aromatic carbocycles. The predicted molar refractivity (Wildman–Crippen MR) is 138 cm³/mol. The van der Waals surface area contributed by atoms with E-state index in [1.165, 1.54) is 42.5 Å². The van der Waals surface area contributed by atoms with Gasteiger partial charge < -0.3 is 14.9 Å². The van der Waals surface area contributed by atoms with Crippen molar-refractivity contribution in [2.45, 2.75) is 44.7 Å². The number of amides is 1. The number of hydrogen-bond donors (Lipinski definition) is 1. The summed E-state index contributed by atoms with van der Waals surface area (Å²) in [7, 11) is 1.36. The van der Waals surface area contributed by atoms with Crippen LogP contribution in [0, 0.1) is 15.9 Å². The minimum absolute atomic E-state index is 0.0225. The molecule has 1 fully saturated rings. The summed E-state index contributed by atoms with van der Waals surface area (Å²) in [6.07, 6.45) is 4.15. The average Bonchev–Trinajstić information content (AvgIpc) is 2.95. The third-order valence-corrected chi connectivity index (χ3v) is 6.44. The number of nitrogens with one attached hydrogen (secondary N) is 1. The second-order valence-electron chi connectivity index (χ2n) is 8.97. The highest BCUT2D eigenvalue weighted by molar-refractivity contribution is 5.96. The number of nitrogens with zero attached hydrogens (tertiary/aromatic N) is 2. The van der Waals surface area contributed by atoms with Crippen LogP contribution < -0.4 is 15.1 Å². The molecule has 38 heavy (non-hydrogen) atoms. The first-order valence-electron chi connectivity index (χ1n) is 12.3. The fraction of sp³-hybridized carbons (Fsp3) is 0.286. The molecule has 0 spiro atoms. The van der Waals surface area contributed by atoms with Crippen LogP contribution in [0.5, 0.6) is 5.75 Å². The summed E-state index contributed by atoms with van der Waals surface area (Å²) < 4.78 is 18.9. The van der Waals surface area contributed by atoms with Crippen molar-refractivity contribution in [2.24, 2.45) is 0 Å². The molecular formula is C28H28FN3O6. The highest BCUT2D eigenvalue weighted by Gasteiger charge is 2.31. The Morgan fingerprint density at radius 2 is 1.76 bits per heavy atom. The monoisotopic (exact) mass is 521 g/mol. The molecule has 3 aromatic rings. The smallest absolute Gasteiger partial charge is 0.363 e. The van der Waals surface area contributed by atoms with Crippen molar-refractivity contribution in [3.05, 3.63) is 99.4 Å². The van der Waals surface area contributed by atoms with E-state index in [2.05, 4.69) is 5.32 Å². The second kappa shape index (κ2) is 12.2. The number of nitro benzene ring substituents is 1. The van der Waals surface area contributed by atoms with Crippen LogP contribution in [0.3, 0.4) is 0 Å². The van der Waals surface area contributed by atoms with Crippen molar-refractivity contribution in [3.63, 3.8) is 0 Å². The van der Waals surface area contributed by atoms with Gasteiger partial charge in [-0.3, -0.25) is 14.9 Å². The van der Waals surface area contributed by atoms with Crippen molar-refractivity contribution >= 4 is 23.3 Å². The third-order valence-electron chi connectivity index (χ3n) is 6.44. The highest BCUT2D eigenvalue weighted by atomic mass is 19.1. The molecule has 0 aromatic heterocycles. The molecule has 0 atom stereocenters. The molecule has 10 heteroatoms. The van der Waals surface area contributed by atoms with Gasteiger partial charge in [-0.1, -0.05) is 43.5 Å². The number of ether oxygens (including phenoxy) is 1. The largest absolute Gasteiger partial charge is 0.494 e. The average molecular weight is 522 g/mol. The van der Waals surface area contributed by atoms with Crippen molar-refractivity contribution in [3.8, 4) is 5.75 Å². The van der Waals surface area contributed by atoms with Crippen LogP contribution in [0.4, 0.5) is 15.8 Å². The molecule has 1 saturated carbocycles. The fourth-order valence-corrected chi connectivity index (χ4v) is 4.45. The van der Waals surface area contributed by atoms with Crippen molar-refractivity contribution < 1.29 is 28.5 Å². The highest BCUT2D eigenvalue weighted by Crippen LogP contribution is 2.35. The van der Waals surface area contributed by atoms with E-state index >= 15 is 0 Å². The number of nitro groups is 1. The zero-order valence-electron chi connectivity index (χ0n) is 20.9. The normalized spacial score (nSPS) is 13.4. The number of halogens is 1. The summed E-state index contributed by atoms with van der Waals surface area (Å²) in [6.45, 7) is 0.0292. The van der Waals surface area contributed by atoms with Gasteiger partial charge in [0.25, 0.3) is 11.6 Å². The third kappa shape index (κ3) is 6.26. The zero-order chi connectivity index (χ0) is 27.1. The number of carbonyl (C=O) groups excluding carboxylic acids is 2. The van der Waals surface area contributed by atoms with E-state index in [9.17, 15) is 24.1 Å². The molecule has 198 valence electrons. The lowest BCUT2D eigenvalue weighted by atomic mass is 9.94. The molecule has 1 aliphatic rings. The molecule has 1 amide bonds. The lowest BCUT2D eigenvalue weighted by Gasteiger charge is -2.33. The van der Waals surface area contributed by atoms with Gasteiger partial charge in [0, 0.05) is 18.2 Å². The molecule has 1 N–H and O–H groups in total. The molecule has 0 radical (unpaired) electrons. The van der Waals surface area contributed by atoms with Gasteiger partial charge in [0.05, 0.1) is 23.6 Å². The Labute approximate surface area is 219 Å². The quantitative estimate of drug-likeness (QED) is 0.289. The summed E-state index contributed by atoms with van der Waals surface area (Å²) >= 11 is 0. The zero-order valence-corrected chi connectivity index (χ0v) is 20.9. The Balaban J connectivity index is 1.62. The molecular weight excluding hydrogens is 493 g/mol. The van der Waals surface area contributed by atoms with E-state index in [1.54, 1.807) is 36.4 Å². The first kappa shape index (κ1) is 26.6. The molecule has 0 bridgehead atoms. The number of rotatable bonds is 9. The number of carbonyl (C=O) groups is 2. The Morgan fingerprint density at radius 3 is 2.42 bits per heavy atom. The molecule has 1 aliphatic carbocycles. The van der Waals surface area contributed by atoms with Gasteiger partial charge in [-0.25, -0.2) is 9.18 Å². The van der Waals surface area contributed by atoms with Crippen molar-refractivity contribution in [2.75, 3.05) is 12.2 Å². The Morgan fingerprint density at radius 1 is 1.03 bits per heavy atom. The van der Waals surface area contributed by atoms with Crippen LogP contribution in [0.15, 0.2) is 66.7 Å². The Kier molecular flexibility index (Phi) is 8.52. The van der Waals surface area contributed by atoms with E-state index in [1.807, 2.05) is 0 Å².